The summed E-state index contributed by atoms with van der Waals surface area (Å²) in [5.74, 6) is -1.22. The third kappa shape index (κ3) is 2.58. The van der Waals surface area contributed by atoms with Crippen LogP contribution >= 0.6 is 15.9 Å². The number of ether oxygens (including phenoxy) is 1. The van der Waals surface area contributed by atoms with Crippen molar-refractivity contribution in [3.63, 3.8) is 0 Å². The molecule has 7 heteroatoms. The molecule has 3 aromatic rings. The zero-order chi connectivity index (χ0) is 16.6. The summed E-state index contributed by atoms with van der Waals surface area (Å²) in [6, 6.07) is 11.1. The monoisotopic (exact) mass is 373 g/mol. The number of nitriles is 1. The molecule has 5 nitrogen and oxygen atoms in total. The van der Waals surface area contributed by atoms with Crippen molar-refractivity contribution in [2.45, 2.75) is 0 Å². The van der Waals surface area contributed by atoms with Crippen LogP contribution in [0.4, 0.5) is 4.39 Å². The molecule has 1 heterocycles. The lowest BCUT2D eigenvalue weighted by Gasteiger charge is -2.04. The fraction of sp³-hybridized carbons (Fsp3) is 0.0625. The van der Waals surface area contributed by atoms with Gasteiger partial charge in [-0.1, -0.05) is 0 Å². The van der Waals surface area contributed by atoms with Gasteiger partial charge in [-0.2, -0.15) is 10.4 Å². The first-order valence-electron chi connectivity index (χ1n) is 6.51. The SMILES string of the molecule is COC(=O)c1cc(F)cc2nn(-c3ccc(C#N)cc3)c(Br)c12. The van der Waals surface area contributed by atoms with Gasteiger partial charge in [0, 0.05) is 11.5 Å². The number of benzene rings is 2. The number of hydrogen-bond donors (Lipinski definition) is 0. The molecule has 0 N–H and O–H groups in total. The minimum Gasteiger partial charge on any atom is -0.465 e. The molecule has 0 saturated heterocycles. The fourth-order valence-corrected chi connectivity index (χ4v) is 2.97. The van der Waals surface area contributed by atoms with E-state index in [1.165, 1.54) is 17.9 Å². The van der Waals surface area contributed by atoms with E-state index in [0.29, 0.717) is 26.8 Å². The van der Waals surface area contributed by atoms with E-state index in [4.69, 9.17) is 10.00 Å². The predicted molar refractivity (Wildman–Crippen MR) is 84.8 cm³/mol. The molecule has 3 rings (SSSR count). The molecule has 0 aliphatic heterocycles. The smallest absolute Gasteiger partial charge is 0.338 e. The Labute approximate surface area is 139 Å². The lowest BCUT2D eigenvalue weighted by atomic mass is 10.1. The Kier molecular flexibility index (Phi) is 3.84. The van der Waals surface area contributed by atoms with E-state index in [-0.39, 0.29) is 5.56 Å². The Morgan fingerprint density at radius 3 is 2.65 bits per heavy atom. The zero-order valence-corrected chi connectivity index (χ0v) is 13.5. The molecule has 0 aliphatic rings. The van der Waals surface area contributed by atoms with E-state index < -0.39 is 11.8 Å². The van der Waals surface area contributed by atoms with Crippen LogP contribution in [0.15, 0.2) is 41.0 Å². The normalized spacial score (nSPS) is 10.5. The van der Waals surface area contributed by atoms with Crippen LogP contribution in [0.25, 0.3) is 16.6 Å². The lowest BCUT2D eigenvalue weighted by molar-refractivity contribution is 0.0602. The van der Waals surface area contributed by atoms with Gasteiger partial charge >= 0.3 is 5.97 Å². The summed E-state index contributed by atoms with van der Waals surface area (Å²) >= 11 is 3.40. The van der Waals surface area contributed by atoms with Gasteiger partial charge in [-0.3, -0.25) is 0 Å². The molecular formula is C16H9BrFN3O2. The van der Waals surface area contributed by atoms with Gasteiger partial charge in [0.1, 0.15) is 10.4 Å². The van der Waals surface area contributed by atoms with Gasteiger partial charge in [0.05, 0.1) is 35.5 Å². The van der Waals surface area contributed by atoms with E-state index in [9.17, 15) is 9.18 Å². The fourth-order valence-electron chi connectivity index (χ4n) is 2.26. The lowest BCUT2D eigenvalue weighted by Crippen LogP contribution is -2.02. The quantitative estimate of drug-likeness (QED) is 0.643. The summed E-state index contributed by atoms with van der Waals surface area (Å²) in [5.41, 5.74) is 1.60. The second-order valence-corrected chi connectivity index (χ2v) is 5.45. The van der Waals surface area contributed by atoms with Gasteiger partial charge in [-0.25, -0.2) is 13.9 Å². The van der Waals surface area contributed by atoms with E-state index in [0.717, 1.165) is 6.07 Å². The molecule has 0 aliphatic carbocycles. The number of carbonyl (C=O) groups is 1. The summed E-state index contributed by atoms with van der Waals surface area (Å²) < 4.78 is 20.5. The van der Waals surface area contributed by atoms with Crippen molar-refractivity contribution in [2.24, 2.45) is 0 Å². The molecule has 0 unspecified atom stereocenters. The first-order chi connectivity index (χ1) is 11.0. The molecule has 0 spiro atoms. The largest absolute Gasteiger partial charge is 0.465 e. The van der Waals surface area contributed by atoms with Gasteiger partial charge < -0.3 is 4.74 Å². The Morgan fingerprint density at radius 2 is 2.04 bits per heavy atom. The molecule has 0 amide bonds. The van der Waals surface area contributed by atoms with E-state index in [2.05, 4.69) is 21.0 Å². The molecule has 0 atom stereocenters. The minimum absolute atomic E-state index is 0.0919. The van der Waals surface area contributed by atoms with Crippen molar-refractivity contribution < 1.29 is 13.9 Å². The Balaban J connectivity index is 2.26. The highest BCUT2D eigenvalue weighted by atomic mass is 79.9. The number of hydrogen-bond acceptors (Lipinski definition) is 4. The second kappa shape index (κ2) is 5.82. The average molecular weight is 374 g/mol. The van der Waals surface area contributed by atoms with Crippen LogP contribution in [0, 0.1) is 17.1 Å². The van der Waals surface area contributed by atoms with Crippen LogP contribution in [0.2, 0.25) is 0 Å². The highest BCUT2D eigenvalue weighted by Gasteiger charge is 2.20. The first-order valence-corrected chi connectivity index (χ1v) is 7.31. The van der Waals surface area contributed by atoms with Crippen LogP contribution in [0.1, 0.15) is 15.9 Å². The predicted octanol–water partition coefficient (Wildman–Crippen LogP) is 3.59. The van der Waals surface area contributed by atoms with Gasteiger partial charge in [0.15, 0.2) is 0 Å². The first kappa shape index (κ1) is 15.2. The molecule has 23 heavy (non-hydrogen) atoms. The Bertz CT molecular complexity index is 958. The molecule has 0 saturated carbocycles. The summed E-state index contributed by atoms with van der Waals surface area (Å²) in [5, 5.41) is 13.6. The molecular weight excluding hydrogens is 365 g/mol. The number of halogens is 2. The van der Waals surface area contributed by atoms with Crippen LogP contribution in [0.3, 0.4) is 0 Å². The molecule has 0 radical (unpaired) electrons. The van der Waals surface area contributed by atoms with Crippen molar-refractivity contribution >= 4 is 32.8 Å². The third-order valence-electron chi connectivity index (χ3n) is 3.33. The van der Waals surface area contributed by atoms with E-state index in [1.807, 2.05) is 6.07 Å². The maximum atomic E-state index is 13.7. The van der Waals surface area contributed by atoms with Crippen LogP contribution < -0.4 is 0 Å². The summed E-state index contributed by atoms with van der Waals surface area (Å²) in [7, 11) is 1.23. The molecule has 1 aromatic heterocycles. The van der Waals surface area contributed by atoms with Gasteiger partial charge in [0.2, 0.25) is 0 Å². The van der Waals surface area contributed by atoms with Crippen molar-refractivity contribution in [3.05, 3.63) is 57.9 Å². The van der Waals surface area contributed by atoms with Gasteiger partial charge in [-0.05, 0) is 46.3 Å². The average Bonchev–Trinajstić information content (AvgIpc) is 2.90. The van der Waals surface area contributed by atoms with Crippen molar-refractivity contribution in [3.8, 4) is 11.8 Å². The van der Waals surface area contributed by atoms with Crippen molar-refractivity contribution in [1.82, 2.24) is 9.78 Å². The third-order valence-corrected chi connectivity index (χ3v) is 4.06. The molecule has 0 fully saturated rings. The van der Waals surface area contributed by atoms with Crippen molar-refractivity contribution in [2.75, 3.05) is 7.11 Å². The van der Waals surface area contributed by atoms with E-state index >= 15 is 0 Å². The molecule has 2 aromatic carbocycles. The van der Waals surface area contributed by atoms with E-state index in [1.54, 1.807) is 24.3 Å². The molecule has 0 bridgehead atoms. The number of methoxy groups -OCH3 is 1. The standard InChI is InChI=1S/C16H9BrFN3O2/c1-23-16(22)12-6-10(18)7-13-14(12)15(17)21(20-13)11-4-2-9(8-19)3-5-11/h2-7H,1H3. The number of esters is 1. The highest BCUT2D eigenvalue weighted by molar-refractivity contribution is 9.10. The van der Waals surface area contributed by atoms with Crippen LogP contribution in [-0.4, -0.2) is 22.9 Å². The van der Waals surface area contributed by atoms with Crippen molar-refractivity contribution in [1.29, 1.82) is 5.26 Å². The highest BCUT2D eigenvalue weighted by Crippen LogP contribution is 2.31. The number of carbonyl (C=O) groups excluding carboxylic acids is 1. The summed E-state index contributed by atoms with van der Waals surface area (Å²) in [6.07, 6.45) is 0. The van der Waals surface area contributed by atoms with Gasteiger partial charge in [-0.15, -0.1) is 0 Å². The maximum Gasteiger partial charge on any atom is 0.338 e. The number of aromatic nitrogens is 2. The molecule has 114 valence electrons. The topological polar surface area (TPSA) is 67.9 Å². The number of rotatable bonds is 2. The number of fused-ring (bicyclic) bond motifs is 1. The maximum absolute atomic E-state index is 13.7. The van der Waals surface area contributed by atoms with Gasteiger partial charge in [0.25, 0.3) is 0 Å². The Hall–Kier alpha value is -2.72. The Morgan fingerprint density at radius 1 is 1.35 bits per heavy atom. The summed E-state index contributed by atoms with van der Waals surface area (Å²) in [6.45, 7) is 0. The van der Waals surface area contributed by atoms with Crippen LogP contribution in [-0.2, 0) is 4.74 Å². The summed E-state index contributed by atoms with van der Waals surface area (Å²) in [4.78, 5) is 11.9. The number of nitrogens with zero attached hydrogens (tertiary/aromatic N) is 3. The minimum atomic E-state index is -0.644. The zero-order valence-electron chi connectivity index (χ0n) is 11.9. The van der Waals surface area contributed by atoms with Crippen LogP contribution in [0.5, 0.6) is 0 Å². The second-order valence-electron chi connectivity index (χ2n) is 4.70.